The number of alkyl halides is 1. The van der Waals surface area contributed by atoms with Gasteiger partial charge in [-0.25, -0.2) is 0 Å². The maximum Gasteiger partial charge on any atom is 0.0465 e. The number of hydrogen-bond donors (Lipinski definition) is 1. The molecule has 1 aromatic carbocycles. The molecule has 0 aliphatic rings. The lowest BCUT2D eigenvalue weighted by Crippen LogP contribution is -2.15. The topological polar surface area (TPSA) is 12.0 Å². The van der Waals surface area contributed by atoms with Crippen molar-refractivity contribution in [3.8, 4) is 0 Å². The third-order valence-electron chi connectivity index (χ3n) is 1.82. The lowest BCUT2D eigenvalue weighted by molar-refractivity contribution is 0.682. The van der Waals surface area contributed by atoms with Crippen molar-refractivity contribution in [1.82, 2.24) is 5.32 Å². The Balaban J connectivity index is 2.42. The highest BCUT2D eigenvalue weighted by molar-refractivity contribution is 14.1. The Kier molecular flexibility index (Phi) is 6.17. The summed E-state index contributed by atoms with van der Waals surface area (Å²) in [5.41, 5.74) is 1.10. The Morgan fingerprint density at radius 2 is 2.07 bits per heavy atom. The molecule has 1 N–H and O–H groups in total. The van der Waals surface area contributed by atoms with Gasteiger partial charge >= 0.3 is 0 Å². The zero-order valence-corrected chi connectivity index (χ0v) is 11.4. The third-order valence-corrected chi connectivity index (χ3v) is 3.17. The standard InChI is InChI=1S/C10H12Cl2IN/c11-9-3-2-8(10(12)6-9)7-14-5-1-4-13/h2-3,6,14H,1,4-5,7H2. The van der Waals surface area contributed by atoms with Gasteiger partial charge in [-0.15, -0.1) is 0 Å². The van der Waals surface area contributed by atoms with Gasteiger partial charge in [-0.2, -0.15) is 0 Å². The van der Waals surface area contributed by atoms with Gasteiger partial charge in [0.05, 0.1) is 0 Å². The van der Waals surface area contributed by atoms with Gasteiger partial charge in [-0.05, 0) is 30.7 Å². The molecule has 0 fully saturated rings. The number of benzene rings is 1. The van der Waals surface area contributed by atoms with E-state index >= 15 is 0 Å². The molecule has 0 aliphatic carbocycles. The van der Waals surface area contributed by atoms with Crippen molar-refractivity contribution >= 4 is 45.8 Å². The minimum absolute atomic E-state index is 0.686. The van der Waals surface area contributed by atoms with E-state index in [0.717, 1.165) is 23.7 Å². The van der Waals surface area contributed by atoms with Crippen LogP contribution in [-0.4, -0.2) is 11.0 Å². The smallest absolute Gasteiger partial charge is 0.0465 e. The zero-order valence-electron chi connectivity index (χ0n) is 7.69. The first kappa shape index (κ1) is 12.6. The molecule has 0 unspecified atom stereocenters. The molecule has 0 spiro atoms. The van der Waals surface area contributed by atoms with Crippen LogP contribution < -0.4 is 5.32 Å². The molecule has 0 heterocycles. The summed E-state index contributed by atoms with van der Waals surface area (Å²) in [4.78, 5) is 0. The SMILES string of the molecule is Clc1ccc(CNCCCI)c(Cl)c1. The van der Waals surface area contributed by atoms with E-state index in [1.165, 1.54) is 10.8 Å². The van der Waals surface area contributed by atoms with Crippen LogP contribution in [0, 0.1) is 0 Å². The molecule has 1 nitrogen and oxygen atoms in total. The van der Waals surface area contributed by atoms with E-state index in [1.807, 2.05) is 12.1 Å². The average molecular weight is 344 g/mol. The summed E-state index contributed by atoms with van der Waals surface area (Å²) in [7, 11) is 0. The van der Waals surface area contributed by atoms with Gasteiger partial charge in [0.15, 0.2) is 0 Å². The Hall–Kier alpha value is 0.490. The van der Waals surface area contributed by atoms with Gasteiger partial charge in [0, 0.05) is 21.0 Å². The lowest BCUT2D eigenvalue weighted by Gasteiger charge is -2.05. The molecule has 0 radical (unpaired) electrons. The Morgan fingerprint density at radius 3 is 2.71 bits per heavy atom. The second-order valence-electron chi connectivity index (χ2n) is 2.96. The normalized spacial score (nSPS) is 10.5. The first-order valence-corrected chi connectivity index (χ1v) is 6.73. The Bertz CT molecular complexity index is 291. The van der Waals surface area contributed by atoms with Gasteiger partial charge in [-0.3, -0.25) is 0 Å². The van der Waals surface area contributed by atoms with Crippen molar-refractivity contribution in [2.24, 2.45) is 0 Å². The van der Waals surface area contributed by atoms with E-state index < -0.39 is 0 Å². The number of halogens is 3. The molecule has 0 saturated heterocycles. The van der Waals surface area contributed by atoms with Crippen molar-refractivity contribution in [3.63, 3.8) is 0 Å². The van der Waals surface area contributed by atoms with Crippen LogP contribution in [0.4, 0.5) is 0 Å². The largest absolute Gasteiger partial charge is 0.313 e. The van der Waals surface area contributed by atoms with Crippen LogP contribution in [0.2, 0.25) is 10.0 Å². The minimum Gasteiger partial charge on any atom is -0.313 e. The van der Waals surface area contributed by atoms with Gasteiger partial charge in [-0.1, -0.05) is 51.9 Å². The molecule has 4 heteroatoms. The fraction of sp³-hybridized carbons (Fsp3) is 0.400. The van der Waals surface area contributed by atoms with Crippen molar-refractivity contribution in [2.45, 2.75) is 13.0 Å². The fourth-order valence-electron chi connectivity index (χ4n) is 1.08. The molecular formula is C10H12Cl2IN. The Morgan fingerprint density at radius 1 is 1.29 bits per heavy atom. The molecule has 78 valence electrons. The lowest BCUT2D eigenvalue weighted by atomic mass is 10.2. The first-order chi connectivity index (χ1) is 6.74. The van der Waals surface area contributed by atoms with E-state index in [4.69, 9.17) is 23.2 Å². The van der Waals surface area contributed by atoms with Crippen LogP contribution in [0.15, 0.2) is 18.2 Å². The van der Waals surface area contributed by atoms with Gasteiger partial charge < -0.3 is 5.32 Å². The van der Waals surface area contributed by atoms with Crippen molar-refractivity contribution < 1.29 is 0 Å². The van der Waals surface area contributed by atoms with Crippen LogP contribution >= 0.6 is 45.8 Å². The van der Waals surface area contributed by atoms with Gasteiger partial charge in [0.1, 0.15) is 0 Å². The summed E-state index contributed by atoms with van der Waals surface area (Å²) >= 11 is 14.2. The highest BCUT2D eigenvalue weighted by Crippen LogP contribution is 2.20. The molecular weight excluding hydrogens is 332 g/mol. The fourth-order valence-corrected chi connectivity index (χ4v) is 1.94. The van der Waals surface area contributed by atoms with Crippen LogP contribution in [0.1, 0.15) is 12.0 Å². The zero-order chi connectivity index (χ0) is 10.4. The van der Waals surface area contributed by atoms with Crippen LogP contribution in [0.25, 0.3) is 0 Å². The molecule has 0 aliphatic heterocycles. The summed E-state index contributed by atoms with van der Waals surface area (Å²) in [6.45, 7) is 1.84. The van der Waals surface area contributed by atoms with E-state index in [0.29, 0.717) is 5.02 Å². The van der Waals surface area contributed by atoms with E-state index in [9.17, 15) is 0 Å². The predicted molar refractivity (Wildman–Crippen MR) is 71.7 cm³/mol. The van der Waals surface area contributed by atoms with Crippen molar-refractivity contribution in [1.29, 1.82) is 0 Å². The molecule has 14 heavy (non-hydrogen) atoms. The summed E-state index contributed by atoms with van der Waals surface area (Å²) in [6, 6.07) is 5.60. The van der Waals surface area contributed by atoms with Gasteiger partial charge in [0.25, 0.3) is 0 Å². The predicted octanol–water partition coefficient (Wildman–Crippen LogP) is 3.91. The molecule has 0 aromatic heterocycles. The molecule has 1 aromatic rings. The average Bonchev–Trinajstić information content (AvgIpc) is 2.15. The Labute approximate surface area is 108 Å². The maximum absolute atomic E-state index is 6.02. The summed E-state index contributed by atoms with van der Waals surface area (Å²) in [5.74, 6) is 0. The van der Waals surface area contributed by atoms with E-state index in [-0.39, 0.29) is 0 Å². The molecule has 1 rings (SSSR count). The highest BCUT2D eigenvalue weighted by Gasteiger charge is 1.99. The third kappa shape index (κ3) is 4.34. The van der Waals surface area contributed by atoms with E-state index in [1.54, 1.807) is 6.07 Å². The van der Waals surface area contributed by atoms with Crippen molar-refractivity contribution in [2.75, 3.05) is 11.0 Å². The van der Waals surface area contributed by atoms with Crippen LogP contribution in [0.5, 0.6) is 0 Å². The highest BCUT2D eigenvalue weighted by atomic mass is 127. The second kappa shape index (κ2) is 6.88. The second-order valence-corrected chi connectivity index (χ2v) is 4.88. The van der Waals surface area contributed by atoms with E-state index in [2.05, 4.69) is 27.9 Å². The summed E-state index contributed by atoms with van der Waals surface area (Å²) < 4.78 is 1.18. The molecule has 0 saturated carbocycles. The van der Waals surface area contributed by atoms with Crippen LogP contribution in [0.3, 0.4) is 0 Å². The van der Waals surface area contributed by atoms with Crippen LogP contribution in [-0.2, 0) is 6.54 Å². The first-order valence-electron chi connectivity index (χ1n) is 4.44. The van der Waals surface area contributed by atoms with Gasteiger partial charge in [0.2, 0.25) is 0 Å². The molecule has 0 atom stereocenters. The number of nitrogens with one attached hydrogen (secondary N) is 1. The van der Waals surface area contributed by atoms with Crippen molar-refractivity contribution in [3.05, 3.63) is 33.8 Å². The monoisotopic (exact) mass is 343 g/mol. The number of rotatable bonds is 5. The quantitative estimate of drug-likeness (QED) is 0.485. The summed E-state index contributed by atoms with van der Waals surface area (Å²) in [6.07, 6.45) is 1.19. The molecule has 0 amide bonds. The minimum atomic E-state index is 0.686. The molecule has 0 bridgehead atoms. The summed E-state index contributed by atoms with van der Waals surface area (Å²) in [5, 5.41) is 4.75. The number of hydrogen-bond acceptors (Lipinski definition) is 1. The maximum atomic E-state index is 6.02.